The van der Waals surface area contributed by atoms with E-state index >= 15 is 0 Å². The monoisotopic (exact) mass is 307 g/mol. The number of imidazole rings is 1. The van der Waals surface area contributed by atoms with Crippen molar-refractivity contribution in [3.63, 3.8) is 0 Å². The maximum atomic E-state index is 12.1. The van der Waals surface area contributed by atoms with E-state index in [0.29, 0.717) is 26.2 Å². The van der Waals surface area contributed by atoms with Gasteiger partial charge >= 0.3 is 12.0 Å². The van der Waals surface area contributed by atoms with Gasteiger partial charge in [-0.05, 0) is 0 Å². The average Bonchev–Trinajstić information content (AvgIpc) is 3.12. The van der Waals surface area contributed by atoms with E-state index in [1.165, 1.54) is 4.90 Å². The standard InChI is InChI=1S/C14H21N5O3/c1-17(2)13(22)19-6-10-5-18(7-11-15-3-4-16-11)8-14(10,9-19)12(20)21/h3-4,10H,5-9H2,1-2H3,(H,15,16)(H,20,21)/t10-,14-/m0/s1. The minimum atomic E-state index is -0.863. The largest absolute Gasteiger partial charge is 0.481 e. The third-order valence-corrected chi connectivity index (χ3v) is 4.69. The molecular formula is C14H21N5O3. The summed E-state index contributed by atoms with van der Waals surface area (Å²) in [4.78, 5) is 36.5. The molecule has 8 nitrogen and oxygen atoms in total. The molecular weight excluding hydrogens is 286 g/mol. The molecule has 22 heavy (non-hydrogen) atoms. The van der Waals surface area contributed by atoms with Crippen LogP contribution in [-0.4, -0.2) is 82.0 Å². The van der Waals surface area contributed by atoms with Crippen LogP contribution in [0.4, 0.5) is 4.79 Å². The fraction of sp³-hybridized carbons (Fsp3) is 0.643. The fourth-order valence-corrected chi connectivity index (χ4v) is 3.62. The summed E-state index contributed by atoms with van der Waals surface area (Å²) in [6.07, 6.45) is 3.45. The highest BCUT2D eigenvalue weighted by Gasteiger charge is 2.58. The Labute approximate surface area is 128 Å². The molecule has 3 rings (SSSR count). The van der Waals surface area contributed by atoms with Crippen LogP contribution in [0.3, 0.4) is 0 Å². The maximum absolute atomic E-state index is 12.1. The van der Waals surface area contributed by atoms with Gasteiger partial charge in [0.1, 0.15) is 11.2 Å². The van der Waals surface area contributed by atoms with Crippen LogP contribution < -0.4 is 0 Å². The van der Waals surface area contributed by atoms with Gasteiger partial charge in [-0.25, -0.2) is 9.78 Å². The van der Waals surface area contributed by atoms with Crippen LogP contribution in [-0.2, 0) is 11.3 Å². The molecule has 0 spiro atoms. The van der Waals surface area contributed by atoms with Gasteiger partial charge in [-0.1, -0.05) is 0 Å². The van der Waals surface area contributed by atoms with Gasteiger partial charge in [0.2, 0.25) is 0 Å². The average molecular weight is 307 g/mol. The van der Waals surface area contributed by atoms with E-state index < -0.39 is 11.4 Å². The summed E-state index contributed by atoms with van der Waals surface area (Å²) in [6.45, 7) is 2.51. The predicted molar refractivity (Wildman–Crippen MR) is 78.1 cm³/mol. The number of likely N-dealkylation sites (tertiary alicyclic amines) is 2. The van der Waals surface area contributed by atoms with Crippen molar-refractivity contribution in [1.29, 1.82) is 0 Å². The number of carbonyl (C=O) groups is 2. The smallest absolute Gasteiger partial charge is 0.319 e. The highest BCUT2D eigenvalue weighted by Crippen LogP contribution is 2.43. The van der Waals surface area contributed by atoms with E-state index in [4.69, 9.17) is 0 Å². The molecule has 2 aliphatic rings. The lowest BCUT2D eigenvalue weighted by Gasteiger charge is -2.26. The predicted octanol–water partition coefficient (Wildman–Crippen LogP) is -0.0903. The lowest BCUT2D eigenvalue weighted by Crippen LogP contribution is -2.44. The molecule has 0 unspecified atom stereocenters. The molecule has 0 bridgehead atoms. The number of aliphatic carboxylic acids is 1. The van der Waals surface area contributed by atoms with Crippen molar-refractivity contribution < 1.29 is 14.7 Å². The lowest BCUT2D eigenvalue weighted by molar-refractivity contribution is -0.148. The first-order valence-corrected chi connectivity index (χ1v) is 7.32. The Hall–Kier alpha value is -2.09. The minimum Gasteiger partial charge on any atom is -0.481 e. The van der Waals surface area contributed by atoms with Gasteiger partial charge in [-0.3, -0.25) is 9.69 Å². The highest BCUT2D eigenvalue weighted by atomic mass is 16.4. The van der Waals surface area contributed by atoms with Crippen molar-refractivity contribution >= 4 is 12.0 Å². The quantitative estimate of drug-likeness (QED) is 0.814. The number of carboxylic acid groups (broad SMARTS) is 1. The van der Waals surface area contributed by atoms with Crippen LogP contribution in [0.5, 0.6) is 0 Å². The van der Waals surface area contributed by atoms with Crippen LogP contribution in [0.2, 0.25) is 0 Å². The number of aromatic nitrogens is 2. The summed E-state index contributed by atoms with van der Waals surface area (Å²) in [5, 5.41) is 9.75. The Bertz CT molecular complexity index is 573. The van der Waals surface area contributed by atoms with Crippen LogP contribution in [0, 0.1) is 11.3 Å². The molecule has 2 amide bonds. The summed E-state index contributed by atoms with van der Waals surface area (Å²) in [7, 11) is 3.38. The molecule has 8 heteroatoms. The van der Waals surface area contributed by atoms with Crippen LogP contribution in [0.25, 0.3) is 0 Å². The molecule has 3 heterocycles. The highest BCUT2D eigenvalue weighted by molar-refractivity contribution is 5.80. The topological polar surface area (TPSA) is 92.8 Å². The first-order chi connectivity index (χ1) is 10.4. The molecule has 2 atom stereocenters. The summed E-state index contributed by atoms with van der Waals surface area (Å²) < 4.78 is 0. The van der Waals surface area contributed by atoms with Crippen LogP contribution in [0.15, 0.2) is 12.4 Å². The second-order valence-electron chi connectivity index (χ2n) is 6.42. The summed E-state index contributed by atoms with van der Waals surface area (Å²) in [5.74, 6) is -0.0147. The molecule has 0 saturated carbocycles. The number of nitrogens with one attached hydrogen (secondary N) is 1. The van der Waals surface area contributed by atoms with Gasteiger partial charge < -0.3 is 19.9 Å². The second kappa shape index (κ2) is 5.28. The summed E-state index contributed by atoms with van der Waals surface area (Å²) >= 11 is 0. The van der Waals surface area contributed by atoms with E-state index in [1.54, 1.807) is 31.4 Å². The number of carboxylic acids is 1. The number of rotatable bonds is 3. The van der Waals surface area contributed by atoms with Crippen LogP contribution >= 0.6 is 0 Å². The molecule has 0 radical (unpaired) electrons. The number of hydrogen-bond donors (Lipinski definition) is 2. The SMILES string of the molecule is CN(C)C(=O)N1C[C@@H]2CN(Cc3ncc[nH]3)C[C@]2(C(=O)O)C1. The van der Waals surface area contributed by atoms with E-state index in [-0.39, 0.29) is 18.5 Å². The number of nitrogens with zero attached hydrogens (tertiary/aromatic N) is 4. The number of carbonyl (C=O) groups excluding carboxylic acids is 1. The number of fused-ring (bicyclic) bond motifs is 1. The fourth-order valence-electron chi connectivity index (χ4n) is 3.62. The van der Waals surface area contributed by atoms with Crippen molar-refractivity contribution in [2.24, 2.45) is 11.3 Å². The molecule has 2 N–H and O–H groups in total. The number of hydrogen-bond acceptors (Lipinski definition) is 4. The van der Waals surface area contributed by atoms with Crippen molar-refractivity contribution in [2.75, 3.05) is 40.3 Å². The maximum Gasteiger partial charge on any atom is 0.319 e. The zero-order valence-corrected chi connectivity index (χ0v) is 12.8. The van der Waals surface area contributed by atoms with Crippen molar-refractivity contribution in [3.05, 3.63) is 18.2 Å². The van der Waals surface area contributed by atoms with Gasteiger partial charge in [-0.15, -0.1) is 0 Å². The Balaban J connectivity index is 1.74. The minimum absolute atomic E-state index is 0.0381. The molecule has 2 aliphatic heterocycles. The van der Waals surface area contributed by atoms with E-state index in [0.717, 1.165) is 5.82 Å². The Morgan fingerprint density at radius 1 is 1.45 bits per heavy atom. The molecule has 2 fully saturated rings. The summed E-state index contributed by atoms with van der Waals surface area (Å²) in [6, 6.07) is -0.118. The molecule has 1 aromatic heterocycles. The Morgan fingerprint density at radius 2 is 2.23 bits per heavy atom. The zero-order valence-electron chi connectivity index (χ0n) is 12.8. The zero-order chi connectivity index (χ0) is 15.9. The molecule has 1 aromatic rings. The summed E-state index contributed by atoms with van der Waals surface area (Å²) in [5.41, 5.74) is -0.863. The number of aromatic amines is 1. The Morgan fingerprint density at radius 3 is 2.77 bits per heavy atom. The number of H-pyrrole nitrogens is 1. The lowest BCUT2D eigenvalue weighted by atomic mass is 9.81. The van der Waals surface area contributed by atoms with E-state index in [1.807, 2.05) is 0 Å². The molecule has 0 aliphatic carbocycles. The third kappa shape index (κ3) is 2.33. The van der Waals surface area contributed by atoms with E-state index in [9.17, 15) is 14.7 Å². The first-order valence-electron chi connectivity index (χ1n) is 7.32. The van der Waals surface area contributed by atoms with Gasteiger partial charge in [-0.2, -0.15) is 0 Å². The first kappa shape index (κ1) is 14.8. The third-order valence-electron chi connectivity index (χ3n) is 4.69. The van der Waals surface area contributed by atoms with Crippen molar-refractivity contribution in [1.82, 2.24) is 24.7 Å². The molecule has 0 aromatic carbocycles. The number of urea groups is 1. The van der Waals surface area contributed by atoms with Gasteiger partial charge in [0.25, 0.3) is 0 Å². The number of amides is 2. The second-order valence-corrected chi connectivity index (χ2v) is 6.42. The van der Waals surface area contributed by atoms with E-state index in [2.05, 4.69) is 14.9 Å². The van der Waals surface area contributed by atoms with Gasteiger partial charge in [0.15, 0.2) is 0 Å². The normalized spacial score (nSPS) is 27.9. The van der Waals surface area contributed by atoms with Crippen molar-refractivity contribution in [3.8, 4) is 0 Å². The molecule has 120 valence electrons. The van der Waals surface area contributed by atoms with Gasteiger partial charge in [0, 0.05) is 58.6 Å². The van der Waals surface area contributed by atoms with Crippen LogP contribution in [0.1, 0.15) is 5.82 Å². The van der Waals surface area contributed by atoms with Crippen molar-refractivity contribution in [2.45, 2.75) is 6.54 Å². The Kier molecular flexibility index (Phi) is 3.56. The molecule has 2 saturated heterocycles. The van der Waals surface area contributed by atoms with Gasteiger partial charge in [0.05, 0.1) is 6.54 Å².